The lowest BCUT2D eigenvalue weighted by Gasteiger charge is -2.33. The first kappa shape index (κ1) is 13.3. The zero-order valence-corrected chi connectivity index (χ0v) is 11.6. The van der Waals surface area contributed by atoms with E-state index in [0.717, 1.165) is 12.2 Å². The first-order valence-corrected chi connectivity index (χ1v) is 7.11. The lowest BCUT2D eigenvalue weighted by atomic mass is 9.94. The molecule has 0 saturated heterocycles. The van der Waals surface area contributed by atoms with Crippen LogP contribution in [0.4, 0.5) is 5.82 Å². The summed E-state index contributed by atoms with van der Waals surface area (Å²) < 4.78 is 0. The van der Waals surface area contributed by atoms with E-state index in [9.17, 15) is 0 Å². The summed E-state index contributed by atoms with van der Waals surface area (Å²) in [6.45, 7) is 2.05. The first-order valence-electron chi connectivity index (χ1n) is 7.11. The molecule has 3 heteroatoms. The molecule has 0 aromatic carbocycles. The van der Waals surface area contributed by atoms with E-state index in [1.54, 1.807) is 0 Å². The van der Waals surface area contributed by atoms with E-state index >= 15 is 0 Å². The third kappa shape index (κ3) is 3.22. The van der Waals surface area contributed by atoms with Gasteiger partial charge in [-0.25, -0.2) is 4.98 Å². The molecule has 1 aromatic rings. The fraction of sp³-hybridized carbons (Fsp3) is 0.667. The van der Waals surface area contributed by atoms with Gasteiger partial charge in [0.2, 0.25) is 0 Å². The predicted molar refractivity (Wildman–Crippen MR) is 76.9 cm³/mol. The van der Waals surface area contributed by atoms with E-state index in [1.807, 2.05) is 12.3 Å². The van der Waals surface area contributed by atoms with Crippen LogP contribution in [-0.2, 0) is 6.42 Å². The fourth-order valence-corrected chi connectivity index (χ4v) is 2.90. The number of nitrogens with two attached hydrogens (primary N) is 1. The fourth-order valence-electron chi connectivity index (χ4n) is 2.90. The molecule has 0 aliphatic heterocycles. The standard InChI is InChI=1S/C15H25N3/c1-12(16)11-13-7-6-10-17-15(13)18(2)14-8-4-3-5-9-14/h6-7,10,12,14H,3-5,8-9,11,16H2,1-2H3. The molecule has 100 valence electrons. The molecule has 0 bridgehead atoms. The molecule has 1 saturated carbocycles. The molecule has 0 amide bonds. The number of hydrogen-bond acceptors (Lipinski definition) is 3. The molecule has 1 atom stereocenters. The van der Waals surface area contributed by atoms with Gasteiger partial charge in [0.25, 0.3) is 0 Å². The Kier molecular flexibility index (Phi) is 4.59. The molecule has 0 spiro atoms. The van der Waals surface area contributed by atoms with Gasteiger partial charge in [-0.05, 0) is 37.8 Å². The zero-order valence-electron chi connectivity index (χ0n) is 11.6. The lowest BCUT2D eigenvalue weighted by molar-refractivity contribution is 0.425. The van der Waals surface area contributed by atoms with Crippen LogP contribution in [0, 0.1) is 0 Å². The highest BCUT2D eigenvalue weighted by Crippen LogP contribution is 2.27. The van der Waals surface area contributed by atoms with Crippen molar-refractivity contribution in [1.82, 2.24) is 4.98 Å². The topological polar surface area (TPSA) is 42.1 Å². The average Bonchev–Trinajstić information content (AvgIpc) is 2.39. The summed E-state index contributed by atoms with van der Waals surface area (Å²) in [7, 11) is 2.18. The summed E-state index contributed by atoms with van der Waals surface area (Å²) in [6, 6.07) is 5.01. The van der Waals surface area contributed by atoms with Gasteiger partial charge in [-0.2, -0.15) is 0 Å². The quantitative estimate of drug-likeness (QED) is 0.889. The van der Waals surface area contributed by atoms with Crippen molar-refractivity contribution in [2.24, 2.45) is 5.73 Å². The predicted octanol–water partition coefficient (Wildman–Crippen LogP) is 2.74. The summed E-state index contributed by atoms with van der Waals surface area (Å²) >= 11 is 0. The number of rotatable bonds is 4. The summed E-state index contributed by atoms with van der Waals surface area (Å²) in [4.78, 5) is 6.95. The molecule has 2 N–H and O–H groups in total. The summed E-state index contributed by atoms with van der Waals surface area (Å²) in [6.07, 6.45) is 9.48. The van der Waals surface area contributed by atoms with Gasteiger partial charge in [-0.1, -0.05) is 25.3 Å². The Morgan fingerprint density at radius 2 is 2.11 bits per heavy atom. The van der Waals surface area contributed by atoms with Crippen molar-refractivity contribution in [3.05, 3.63) is 23.9 Å². The van der Waals surface area contributed by atoms with Crippen LogP contribution in [0.1, 0.15) is 44.6 Å². The minimum Gasteiger partial charge on any atom is -0.356 e. The van der Waals surface area contributed by atoms with E-state index in [4.69, 9.17) is 5.73 Å². The van der Waals surface area contributed by atoms with Gasteiger partial charge >= 0.3 is 0 Å². The van der Waals surface area contributed by atoms with Crippen LogP contribution in [0.3, 0.4) is 0 Å². The Morgan fingerprint density at radius 1 is 1.39 bits per heavy atom. The average molecular weight is 247 g/mol. The largest absolute Gasteiger partial charge is 0.356 e. The number of hydrogen-bond donors (Lipinski definition) is 1. The van der Waals surface area contributed by atoms with E-state index in [1.165, 1.54) is 37.7 Å². The van der Waals surface area contributed by atoms with Gasteiger partial charge in [0, 0.05) is 25.3 Å². The van der Waals surface area contributed by atoms with Gasteiger partial charge < -0.3 is 10.6 Å². The molecule has 3 nitrogen and oxygen atoms in total. The molecule has 1 unspecified atom stereocenters. The van der Waals surface area contributed by atoms with Gasteiger partial charge in [0.05, 0.1) is 0 Å². The maximum atomic E-state index is 5.93. The third-order valence-electron chi connectivity index (χ3n) is 3.87. The molecular weight excluding hydrogens is 222 g/mol. The molecular formula is C15H25N3. The zero-order chi connectivity index (χ0) is 13.0. The highest BCUT2D eigenvalue weighted by Gasteiger charge is 2.21. The van der Waals surface area contributed by atoms with Crippen molar-refractivity contribution in [2.45, 2.75) is 57.5 Å². The lowest BCUT2D eigenvalue weighted by Crippen LogP contribution is -2.35. The monoisotopic (exact) mass is 247 g/mol. The second-order valence-electron chi connectivity index (χ2n) is 5.57. The normalized spacial score (nSPS) is 18.6. The number of aromatic nitrogens is 1. The molecule has 0 radical (unpaired) electrons. The van der Waals surface area contributed by atoms with E-state index in [0.29, 0.717) is 6.04 Å². The second kappa shape index (κ2) is 6.19. The van der Waals surface area contributed by atoms with Crippen LogP contribution >= 0.6 is 0 Å². The number of anilines is 1. The Bertz CT molecular complexity index is 370. The van der Waals surface area contributed by atoms with Crippen molar-refractivity contribution in [1.29, 1.82) is 0 Å². The van der Waals surface area contributed by atoms with Gasteiger partial charge in [-0.15, -0.1) is 0 Å². The van der Waals surface area contributed by atoms with Crippen LogP contribution in [0.15, 0.2) is 18.3 Å². The third-order valence-corrected chi connectivity index (χ3v) is 3.87. The van der Waals surface area contributed by atoms with E-state index in [2.05, 4.69) is 29.9 Å². The Morgan fingerprint density at radius 3 is 2.78 bits per heavy atom. The van der Waals surface area contributed by atoms with Crippen molar-refractivity contribution in [3.8, 4) is 0 Å². The minimum absolute atomic E-state index is 0.188. The van der Waals surface area contributed by atoms with Crippen LogP contribution in [0.5, 0.6) is 0 Å². The Balaban J connectivity index is 2.15. The molecule has 1 fully saturated rings. The van der Waals surface area contributed by atoms with Gasteiger partial charge in [-0.3, -0.25) is 0 Å². The number of pyridine rings is 1. The maximum absolute atomic E-state index is 5.93. The summed E-state index contributed by atoms with van der Waals surface area (Å²) in [5, 5.41) is 0. The first-order chi connectivity index (χ1) is 8.68. The molecule has 2 rings (SSSR count). The maximum Gasteiger partial charge on any atom is 0.131 e. The molecule has 1 heterocycles. The molecule has 1 aromatic heterocycles. The highest BCUT2D eigenvalue weighted by atomic mass is 15.2. The molecule has 1 aliphatic rings. The van der Waals surface area contributed by atoms with Crippen LogP contribution in [0.2, 0.25) is 0 Å². The van der Waals surface area contributed by atoms with Crippen molar-refractivity contribution < 1.29 is 0 Å². The van der Waals surface area contributed by atoms with Crippen molar-refractivity contribution >= 4 is 5.82 Å². The second-order valence-corrected chi connectivity index (χ2v) is 5.57. The van der Waals surface area contributed by atoms with Crippen LogP contribution in [0.25, 0.3) is 0 Å². The molecule has 1 aliphatic carbocycles. The molecule has 18 heavy (non-hydrogen) atoms. The van der Waals surface area contributed by atoms with Gasteiger partial charge in [0.15, 0.2) is 0 Å². The minimum atomic E-state index is 0.188. The SMILES string of the molecule is CC(N)Cc1cccnc1N(C)C1CCCCC1. The Labute approximate surface area is 110 Å². The summed E-state index contributed by atoms with van der Waals surface area (Å²) in [5.41, 5.74) is 7.20. The Hall–Kier alpha value is -1.09. The van der Waals surface area contributed by atoms with E-state index in [-0.39, 0.29) is 6.04 Å². The smallest absolute Gasteiger partial charge is 0.131 e. The highest BCUT2D eigenvalue weighted by molar-refractivity contribution is 5.47. The van der Waals surface area contributed by atoms with Crippen LogP contribution in [-0.4, -0.2) is 24.1 Å². The van der Waals surface area contributed by atoms with Gasteiger partial charge in [0.1, 0.15) is 5.82 Å². The van der Waals surface area contributed by atoms with Crippen molar-refractivity contribution in [3.63, 3.8) is 0 Å². The number of nitrogens with zero attached hydrogens (tertiary/aromatic N) is 2. The summed E-state index contributed by atoms with van der Waals surface area (Å²) in [5.74, 6) is 1.13. The van der Waals surface area contributed by atoms with E-state index < -0.39 is 0 Å². The van der Waals surface area contributed by atoms with Crippen molar-refractivity contribution in [2.75, 3.05) is 11.9 Å². The van der Waals surface area contributed by atoms with Crippen LogP contribution < -0.4 is 10.6 Å².